The van der Waals surface area contributed by atoms with Crippen LogP contribution >= 0.6 is 0 Å². The highest BCUT2D eigenvalue weighted by molar-refractivity contribution is 6.00. The Kier molecular flexibility index (Phi) is 7.31. The summed E-state index contributed by atoms with van der Waals surface area (Å²) < 4.78 is 53.9. The molecule has 2 heterocycles. The molecule has 0 radical (unpaired) electrons. The smallest absolute Gasteiger partial charge is 0.392 e. The van der Waals surface area contributed by atoms with E-state index in [1.54, 1.807) is 6.92 Å². The Balaban J connectivity index is 2.05. The SMILES string of the molecule is C=C(C)c1cnc(-c2cc(C(F)(F)F)ccc2F)cc1Nc1ccncc1C(=O)NCC(C)O. The molecular formula is C24H22F4N4O2. The average Bonchev–Trinajstić information content (AvgIpc) is 2.77. The Morgan fingerprint density at radius 2 is 1.88 bits per heavy atom. The van der Waals surface area contributed by atoms with E-state index in [4.69, 9.17) is 0 Å². The minimum Gasteiger partial charge on any atom is -0.392 e. The fourth-order valence-electron chi connectivity index (χ4n) is 3.11. The van der Waals surface area contributed by atoms with Crippen LogP contribution in [0.4, 0.5) is 28.9 Å². The number of alkyl halides is 3. The molecule has 0 saturated heterocycles. The van der Waals surface area contributed by atoms with Crippen molar-refractivity contribution in [2.24, 2.45) is 0 Å². The van der Waals surface area contributed by atoms with Crippen LogP contribution in [-0.4, -0.2) is 33.6 Å². The van der Waals surface area contributed by atoms with Crippen molar-refractivity contribution in [3.63, 3.8) is 0 Å². The van der Waals surface area contributed by atoms with Crippen molar-refractivity contribution in [3.8, 4) is 11.3 Å². The van der Waals surface area contributed by atoms with Crippen LogP contribution in [0.1, 0.15) is 35.3 Å². The number of anilines is 2. The molecule has 1 unspecified atom stereocenters. The van der Waals surface area contributed by atoms with E-state index in [9.17, 15) is 27.5 Å². The summed E-state index contributed by atoms with van der Waals surface area (Å²) in [4.78, 5) is 20.6. The third kappa shape index (κ3) is 5.76. The number of amides is 1. The highest BCUT2D eigenvalue weighted by atomic mass is 19.4. The van der Waals surface area contributed by atoms with Crippen LogP contribution in [0.25, 0.3) is 16.8 Å². The Labute approximate surface area is 193 Å². The molecule has 0 aliphatic rings. The van der Waals surface area contributed by atoms with Gasteiger partial charge < -0.3 is 15.7 Å². The summed E-state index contributed by atoms with van der Waals surface area (Å²) in [6.07, 6.45) is -1.25. The predicted molar refractivity (Wildman–Crippen MR) is 121 cm³/mol. The van der Waals surface area contributed by atoms with Crippen LogP contribution in [0.3, 0.4) is 0 Å². The van der Waals surface area contributed by atoms with E-state index in [2.05, 4.69) is 27.2 Å². The molecule has 2 aromatic heterocycles. The van der Waals surface area contributed by atoms with Crippen LogP contribution in [0.15, 0.2) is 55.5 Å². The normalized spacial score (nSPS) is 12.2. The van der Waals surface area contributed by atoms with Crippen LogP contribution in [0, 0.1) is 5.82 Å². The van der Waals surface area contributed by atoms with Crippen molar-refractivity contribution < 1.29 is 27.5 Å². The lowest BCUT2D eigenvalue weighted by atomic mass is 10.0. The zero-order chi connectivity index (χ0) is 25.0. The van der Waals surface area contributed by atoms with E-state index < -0.39 is 29.6 Å². The van der Waals surface area contributed by atoms with Gasteiger partial charge in [-0.1, -0.05) is 6.58 Å². The summed E-state index contributed by atoms with van der Waals surface area (Å²) in [6.45, 7) is 7.13. The number of allylic oxidation sites excluding steroid dienone is 1. The van der Waals surface area contributed by atoms with Gasteiger partial charge in [0.15, 0.2) is 0 Å². The van der Waals surface area contributed by atoms with Gasteiger partial charge in [-0.3, -0.25) is 14.8 Å². The molecule has 1 amide bonds. The van der Waals surface area contributed by atoms with Crippen molar-refractivity contribution in [2.45, 2.75) is 26.1 Å². The molecular weight excluding hydrogens is 452 g/mol. The predicted octanol–water partition coefficient (Wildman–Crippen LogP) is 5.19. The number of rotatable bonds is 7. The first kappa shape index (κ1) is 24.8. The Hall–Kier alpha value is -3.79. The fourth-order valence-corrected chi connectivity index (χ4v) is 3.11. The zero-order valence-electron chi connectivity index (χ0n) is 18.4. The molecule has 0 saturated carbocycles. The van der Waals surface area contributed by atoms with E-state index in [0.717, 1.165) is 6.07 Å². The standard InChI is InChI=1S/C24H22F4N4O2/c1-13(2)17-12-30-21(16-8-15(24(26,27)28)4-5-19(16)25)9-22(17)32-20-6-7-29-11-18(20)23(34)31-10-14(3)33/h4-9,11-12,14,33H,1,10H2,2-3H3,(H,31,34)(H,29,30,32). The minimum absolute atomic E-state index is 0.0262. The molecule has 3 aromatic rings. The van der Waals surface area contributed by atoms with Gasteiger partial charge in [0.2, 0.25) is 0 Å². The maximum atomic E-state index is 14.5. The molecule has 178 valence electrons. The van der Waals surface area contributed by atoms with Crippen LogP contribution in [0.2, 0.25) is 0 Å². The number of halogens is 4. The van der Waals surface area contributed by atoms with E-state index in [1.165, 1.54) is 37.6 Å². The number of hydrogen-bond donors (Lipinski definition) is 3. The molecule has 1 aromatic carbocycles. The lowest BCUT2D eigenvalue weighted by molar-refractivity contribution is -0.137. The van der Waals surface area contributed by atoms with Gasteiger partial charge in [0.05, 0.1) is 28.6 Å². The summed E-state index contributed by atoms with van der Waals surface area (Å²) in [5.41, 5.74) is 0.590. The first-order valence-electron chi connectivity index (χ1n) is 10.2. The van der Waals surface area contributed by atoms with Gasteiger partial charge in [-0.15, -0.1) is 0 Å². The first-order valence-corrected chi connectivity index (χ1v) is 10.2. The lowest BCUT2D eigenvalue weighted by Gasteiger charge is -2.17. The molecule has 34 heavy (non-hydrogen) atoms. The molecule has 3 N–H and O–H groups in total. The van der Waals surface area contributed by atoms with Crippen molar-refractivity contribution in [1.82, 2.24) is 15.3 Å². The van der Waals surface area contributed by atoms with Crippen molar-refractivity contribution in [3.05, 3.63) is 78.0 Å². The quantitative estimate of drug-likeness (QED) is 0.411. The van der Waals surface area contributed by atoms with Crippen molar-refractivity contribution >= 4 is 22.9 Å². The second-order valence-electron chi connectivity index (χ2n) is 7.69. The molecule has 0 spiro atoms. The summed E-state index contributed by atoms with van der Waals surface area (Å²) in [7, 11) is 0. The average molecular weight is 474 g/mol. The maximum Gasteiger partial charge on any atom is 0.416 e. The number of nitrogens with zero attached hydrogens (tertiary/aromatic N) is 2. The topological polar surface area (TPSA) is 87.1 Å². The van der Waals surface area contributed by atoms with E-state index in [1.807, 2.05) is 0 Å². The second-order valence-corrected chi connectivity index (χ2v) is 7.69. The van der Waals surface area contributed by atoms with Crippen LogP contribution in [-0.2, 0) is 6.18 Å². The molecule has 0 bridgehead atoms. The molecule has 0 aliphatic heterocycles. The number of aliphatic hydroxyl groups excluding tert-OH is 1. The number of nitrogens with one attached hydrogen (secondary N) is 2. The fraction of sp³-hybridized carbons (Fsp3) is 0.208. The van der Waals surface area contributed by atoms with Gasteiger partial charge >= 0.3 is 6.18 Å². The van der Waals surface area contributed by atoms with Crippen LogP contribution in [0.5, 0.6) is 0 Å². The second kappa shape index (κ2) is 10.0. The van der Waals surface area contributed by atoms with Gasteiger partial charge in [-0.25, -0.2) is 4.39 Å². The zero-order valence-corrected chi connectivity index (χ0v) is 18.4. The number of carbonyl (C=O) groups is 1. The number of carbonyl (C=O) groups excluding carboxylic acids is 1. The highest BCUT2D eigenvalue weighted by Crippen LogP contribution is 2.35. The largest absolute Gasteiger partial charge is 0.416 e. The number of benzene rings is 1. The maximum absolute atomic E-state index is 14.5. The first-order chi connectivity index (χ1) is 16.0. The van der Waals surface area contributed by atoms with Gasteiger partial charge in [-0.2, -0.15) is 13.2 Å². The number of aromatic nitrogens is 2. The summed E-state index contributed by atoms with van der Waals surface area (Å²) in [6, 6.07) is 5.02. The monoisotopic (exact) mass is 474 g/mol. The van der Waals surface area contributed by atoms with Gasteiger partial charge in [0.25, 0.3) is 5.91 Å². The Morgan fingerprint density at radius 3 is 2.53 bits per heavy atom. The highest BCUT2D eigenvalue weighted by Gasteiger charge is 2.31. The number of pyridine rings is 2. The Bertz CT molecular complexity index is 1230. The third-order valence-electron chi connectivity index (χ3n) is 4.83. The summed E-state index contributed by atoms with van der Waals surface area (Å²) >= 11 is 0. The van der Waals surface area contributed by atoms with Crippen LogP contribution < -0.4 is 10.6 Å². The summed E-state index contributed by atoms with van der Waals surface area (Å²) in [5, 5.41) is 15.0. The molecule has 0 fully saturated rings. The number of aliphatic hydroxyl groups is 1. The van der Waals surface area contributed by atoms with E-state index in [-0.39, 0.29) is 23.4 Å². The Morgan fingerprint density at radius 1 is 1.15 bits per heavy atom. The molecule has 1 atom stereocenters. The van der Waals surface area contributed by atoms with Gasteiger partial charge in [0.1, 0.15) is 5.82 Å². The summed E-state index contributed by atoms with van der Waals surface area (Å²) in [5.74, 6) is -1.36. The van der Waals surface area contributed by atoms with Gasteiger partial charge in [-0.05, 0) is 49.8 Å². The molecule has 6 nitrogen and oxygen atoms in total. The van der Waals surface area contributed by atoms with Gasteiger partial charge in [0, 0.05) is 41.9 Å². The third-order valence-corrected chi connectivity index (χ3v) is 4.83. The van der Waals surface area contributed by atoms with Crippen molar-refractivity contribution in [2.75, 3.05) is 11.9 Å². The number of hydrogen-bond acceptors (Lipinski definition) is 5. The minimum atomic E-state index is -4.65. The lowest BCUT2D eigenvalue weighted by Crippen LogP contribution is -2.31. The van der Waals surface area contributed by atoms with Crippen molar-refractivity contribution in [1.29, 1.82) is 0 Å². The molecule has 0 aliphatic carbocycles. The molecule has 10 heteroatoms. The van der Waals surface area contributed by atoms with E-state index in [0.29, 0.717) is 34.6 Å². The van der Waals surface area contributed by atoms with E-state index >= 15 is 0 Å². The molecule has 3 rings (SSSR count).